The van der Waals surface area contributed by atoms with Crippen LogP contribution in [0.3, 0.4) is 0 Å². The predicted octanol–water partition coefficient (Wildman–Crippen LogP) is 1.71. The molecule has 0 unspecified atom stereocenters. The highest BCUT2D eigenvalue weighted by Gasteiger charge is 2.36. The molecule has 5 rings (SSSR count). The van der Waals surface area contributed by atoms with Gasteiger partial charge >= 0.3 is 0 Å². The molecule has 3 aromatic rings. The molecule has 0 radical (unpaired) electrons. The molecule has 0 spiro atoms. The van der Waals surface area contributed by atoms with E-state index in [1.807, 2.05) is 16.7 Å². The standard InChI is InChI=1S/C16H20N6O2S/c23-25(24,12-2-1-3-12)21-11-5-4-10(8-11)16-20-19-14-9-18-15-13(22(14)16)6-7-17-15/h6-7,9-12,17,21H,1-5,8H2/t10-,11+/m1/s1. The topological polar surface area (TPSA) is 105 Å². The number of nitrogens with one attached hydrogen (secondary N) is 2. The number of aromatic amines is 1. The Morgan fingerprint density at radius 3 is 2.88 bits per heavy atom. The van der Waals surface area contributed by atoms with E-state index in [4.69, 9.17) is 0 Å². The minimum Gasteiger partial charge on any atom is -0.345 e. The molecule has 9 heteroatoms. The lowest BCUT2D eigenvalue weighted by Crippen LogP contribution is -2.42. The number of fused-ring (bicyclic) bond motifs is 3. The van der Waals surface area contributed by atoms with Crippen LogP contribution in [0.15, 0.2) is 18.5 Å². The molecular weight excluding hydrogens is 340 g/mol. The second kappa shape index (κ2) is 5.50. The zero-order chi connectivity index (χ0) is 17.0. The number of rotatable bonds is 4. The van der Waals surface area contributed by atoms with E-state index in [2.05, 4.69) is 24.9 Å². The molecule has 0 bridgehead atoms. The minimum absolute atomic E-state index is 0.00787. The van der Waals surface area contributed by atoms with Gasteiger partial charge in [0.2, 0.25) is 10.0 Å². The van der Waals surface area contributed by atoms with Gasteiger partial charge < -0.3 is 4.98 Å². The van der Waals surface area contributed by atoms with Crippen molar-refractivity contribution in [1.82, 2.24) is 29.3 Å². The van der Waals surface area contributed by atoms with Crippen LogP contribution in [0, 0.1) is 0 Å². The maximum Gasteiger partial charge on any atom is 0.214 e. The highest BCUT2D eigenvalue weighted by atomic mass is 32.2. The third-order valence-corrected chi connectivity index (χ3v) is 7.60. The molecule has 0 amide bonds. The van der Waals surface area contributed by atoms with E-state index in [-0.39, 0.29) is 17.2 Å². The van der Waals surface area contributed by atoms with Crippen molar-refractivity contribution in [3.05, 3.63) is 24.3 Å². The summed E-state index contributed by atoms with van der Waals surface area (Å²) in [6.07, 6.45) is 8.68. The fourth-order valence-corrected chi connectivity index (χ4v) is 5.82. The van der Waals surface area contributed by atoms with Gasteiger partial charge in [0.15, 0.2) is 11.3 Å². The van der Waals surface area contributed by atoms with Crippen molar-refractivity contribution in [3.8, 4) is 0 Å². The lowest BCUT2D eigenvalue weighted by molar-refractivity contribution is 0.459. The molecule has 2 atom stereocenters. The van der Waals surface area contributed by atoms with E-state index < -0.39 is 10.0 Å². The van der Waals surface area contributed by atoms with E-state index in [9.17, 15) is 8.42 Å². The normalized spacial score (nSPS) is 25.0. The van der Waals surface area contributed by atoms with Crippen LogP contribution in [0.4, 0.5) is 0 Å². The summed E-state index contributed by atoms with van der Waals surface area (Å²) in [4.78, 5) is 7.44. The van der Waals surface area contributed by atoms with Crippen molar-refractivity contribution in [2.45, 2.75) is 55.7 Å². The van der Waals surface area contributed by atoms with Gasteiger partial charge in [-0.25, -0.2) is 18.1 Å². The van der Waals surface area contributed by atoms with Crippen molar-refractivity contribution in [1.29, 1.82) is 0 Å². The SMILES string of the molecule is O=S(=O)(N[C@H]1CC[C@@H](c2nnc3cnc4[nH]ccc4n23)C1)C1CCC1. The summed E-state index contributed by atoms with van der Waals surface area (Å²) in [6, 6.07) is 1.96. The first-order chi connectivity index (χ1) is 12.1. The number of nitrogens with zero attached hydrogens (tertiary/aromatic N) is 4. The highest BCUT2D eigenvalue weighted by Crippen LogP contribution is 2.35. The van der Waals surface area contributed by atoms with E-state index in [1.54, 1.807) is 6.20 Å². The molecule has 2 aliphatic rings. The molecule has 25 heavy (non-hydrogen) atoms. The molecule has 132 valence electrons. The number of hydrogen-bond acceptors (Lipinski definition) is 5. The summed E-state index contributed by atoms with van der Waals surface area (Å²) in [6.45, 7) is 0. The monoisotopic (exact) mass is 360 g/mol. The average Bonchev–Trinajstić information content (AvgIpc) is 3.21. The summed E-state index contributed by atoms with van der Waals surface area (Å²) in [5, 5.41) is 8.43. The van der Waals surface area contributed by atoms with Crippen LogP contribution in [-0.2, 0) is 10.0 Å². The molecule has 2 fully saturated rings. The summed E-state index contributed by atoms with van der Waals surface area (Å²) in [5.41, 5.74) is 2.48. The Bertz CT molecular complexity index is 1040. The van der Waals surface area contributed by atoms with Gasteiger partial charge in [0.05, 0.1) is 17.0 Å². The third kappa shape index (κ3) is 2.44. The molecule has 2 aliphatic carbocycles. The Kier molecular flexibility index (Phi) is 3.36. The second-order valence-corrected chi connectivity index (χ2v) is 9.14. The Morgan fingerprint density at radius 2 is 2.08 bits per heavy atom. The molecule has 2 N–H and O–H groups in total. The zero-order valence-corrected chi connectivity index (χ0v) is 14.5. The maximum atomic E-state index is 12.4. The largest absolute Gasteiger partial charge is 0.345 e. The fraction of sp³-hybridized carbons (Fsp3) is 0.562. The van der Waals surface area contributed by atoms with Crippen LogP contribution in [0.25, 0.3) is 16.8 Å². The van der Waals surface area contributed by atoms with Crippen molar-refractivity contribution in [3.63, 3.8) is 0 Å². The van der Waals surface area contributed by atoms with Crippen molar-refractivity contribution in [2.75, 3.05) is 0 Å². The fourth-order valence-electron chi connectivity index (χ4n) is 4.00. The van der Waals surface area contributed by atoms with Gasteiger partial charge in [-0.3, -0.25) is 4.40 Å². The van der Waals surface area contributed by atoms with Crippen molar-refractivity contribution in [2.24, 2.45) is 0 Å². The summed E-state index contributed by atoms with van der Waals surface area (Å²) < 4.78 is 29.7. The Morgan fingerprint density at radius 1 is 1.20 bits per heavy atom. The van der Waals surface area contributed by atoms with Crippen LogP contribution < -0.4 is 4.72 Å². The van der Waals surface area contributed by atoms with Crippen LogP contribution in [0.5, 0.6) is 0 Å². The van der Waals surface area contributed by atoms with Gasteiger partial charge in [-0.2, -0.15) is 0 Å². The Labute approximate surface area is 145 Å². The molecule has 0 aromatic carbocycles. The number of hydrogen-bond donors (Lipinski definition) is 2. The van der Waals surface area contributed by atoms with Gasteiger partial charge in [-0.05, 0) is 38.2 Å². The van der Waals surface area contributed by atoms with Crippen molar-refractivity contribution >= 4 is 26.8 Å². The molecular formula is C16H20N6O2S. The maximum absolute atomic E-state index is 12.4. The number of H-pyrrole nitrogens is 1. The summed E-state index contributed by atoms with van der Waals surface area (Å²) in [7, 11) is -3.18. The molecule has 0 aliphatic heterocycles. The van der Waals surface area contributed by atoms with Crippen LogP contribution in [0.1, 0.15) is 50.3 Å². The first-order valence-corrected chi connectivity index (χ1v) is 10.3. The van der Waals surface area contributed by atoms with Gasteiger partial charge in [0.1, 0.15) is 5.82 Å². The highest BCUT2D eigenvalue weighted by molar-refractivity contribution is 7.90. The molecule has 2 saturated carbocycles. The number of aromatic nitrogens is 5. The predicted molar refractivity (Wildman–Crippen MR) is 92.7 cm³/mol. The first-order valence-electron chi connectivity index (χ1n) is 8.80. The molecule has 0 saturated heterocycles. The summed E-state index contributed by atoms with van der Waals surface area (Å²) >= 11 is 0. The molecule has 3 aromatic heterocycles. The van der Waals surface area contributed by atoms with Crippen molar-refractivity contribution < 1.29 is 8.42 Å². The second-order valence-electron chi connectivity index (χ2n) is 7.14. The van der Waals surface area contributed by atoms with Gasteiger partial charge in [-0.15, -0.1) is 10.2 Å². The third-order valence-electron chi connectivity index (χ3n) is 5.59. The molecule has 3 heterocycles. The molecule has 8 nitrogen and oxygen atoms in total. The van der Waals surface area contributed by atoms with Gasteiger partial charge in [-0.1, -0.05) is 6.42 Å². The lowest BCUT2D eigenvalue weighted by Gasteiger charge is -2.27. The first kappa shape index (κ1) is 15.3. The quantitative estimate of drug-likeness (QED) is 0.737. The van der Waals surface area contributed by atoms with Crippen LogP contribution in [-0.4, -0.2) is 44.3 Å². The Hall–Kier alpha value is -2.00. The van der Waals surface area contributed by atoms with Gasteiger partial charge in [0, 0.05) is 18.2 Å². The van der Waals surface area contributed by atoms with Crippen LogP contribution >= 0.6 is 0 Å². The van der Waals surface area contributed by atoms with Gasteiger partial charge in [0.25, 0.3) is 0 Å². The zero-order valence-electron chi connectivity index (χ0n) is 13.7. The van der Waals surface area contributed by atoms with E-state index >= 15 is 0 Å². The number of sulfonamides is 1. The average molecular weight is 360 g/mol. The van der Waals surface area contributed by atoms with Crippen LogP contribution in [0.2, 0.25) is 0 Å². The minimum atomic E-state index is -3.18. The van der Waals surface area contributed by atoms with E-state index in [0.717, 1.165) is 61.2 Å². The summed E-state index contributed by atoms with van der Waals surface area (Å²) in [5.74, 6) is 1.09. The Balaban J connectivity index is 1.41. The van der Waals surface area contributed by atoms with E-state index in [0.29, 0.717) is 0 Å². The lowest BCUT2D eigenvalue weighted by atomic mass is 10.0. The smallest absolute Gasteiger partial charge is 0.214 e. The van der Waals surface area contributed by atoms with E-state index in [1.165, 1.54) is 0 Å².